The van der Waals surface area contributed by atoms with Crippen molar-refractivity contribution < 1.29 is 33.3 Å². The van der Waals surface area contributed by atoms with Crippen LogP contribution in [-0.4, -0.2) is 34.9 Å². The van der Waals surface area contributed by atoms with Gasteiger partial charge in [-0.05, 0) is 66.1 Å². The number of nitrogens with zero attached hydrogens (tertiary/aromatic N) is 1. The van der Waals surface area contributed by atoms with Crippen molar-refractivity contribution in [3.05, 3.63) is 119 Å². The third-order valence-corrected chi connectivity index (χ3v) is 7.36. The van der Waals surface area contributed by atoms with E-state index in [0.717, 1.165) is 16.9 Å². The van der Waals surface area contributed by atoms with E-state index in [4.69, 9.17) is 18.6 Å². The number of ketones is 1. The summed E-state index contributed by atoms with van der Waals surface area (Å²) in [5, 5.41) is 11.5. The Morgan fingerprint density at radius 1 is 1.00 bits per heavy atom. The number of likely N-dealkylation sites (tertiary alicyclic amines) is 1. The largest absolute Gasteiger partial charge is 0.507 e. The Bertz CT molecular complexity index is 1620. The molecule has 1 N–H and O–H groups in total. The molecule has 1 fully saturated rings. The molecule has 8 heteroatoms. The van der Waals surface area contributed by atoms with Crippen LogP contribution >= 0.6 is 0 Å². The predicted molar refractivity (Wildman–Crippen MR) is 151 cm³/mol. The molecule has 1 amide bonds. The highest BCUT2D eigenvalue weighted by Gasteiger charge is 2.46. The molecule has 4 aromatic rings. The third kappa shape index (κ3) is 5.04. The van der Waals surface area contributed by atoms with Gasteiger partial charge in [0.25, 0.3) is 11.7 Å². The Labute approximate surface area is 237 Å². The van der Waals surface area contributed by atoms with E-state index in [1.165, 1.54) is 18.3 Å². The quantitative estimate of drug-likeness (QED) is 0.168. The van der Waals surface area contributed by atoms with Crippen molar-refractivity contribution in [1.29, 1.82) is 0 Å². The number of aliphatic hydroxyl groups excluding tert-OH is 1. The summed E-state index contributed by atoms with van der Waals surface area (Å²) in [7, 11) is 1.53. The first-order valence-corrected chi connectivity index (χ1v) is 13.4. The molecule has 2 unspecified atom stereocenters. The molecule has 1 aromatic heterocycles. The second-order valence-electron chi connectivity index (χ2n) is 10.1. The number of benzene rings is 3. The topological polar surface area (TPSA) is 98.4 Å². The van der Waals surface area contributed by atoms with Gasteiger partial charge in [0.1, 0.15) is 30.0 Å². The summed E-state index contributed by atoms with van der Waals surface area (Å²) in [4.78, 5) is 28.3. The maximum atomic E-state index is 13.5. The van der Waals surface area contributed by atoms with E-state index in [-0.39, 0.29) is 24.0 Å². The fourth-order valence-corrected chi connectivity index (χ4v) is 5.39. The molecular weight excluding hydrogens is 522 g/mol. The van der Waals surface area contributed by atoms with Crippen LogP contribution in [0.3, 0.4) is 0 Å². The molecule has 208 valence electrons. The van der Waals surface area contributed by atoms with Crippen LogP contribution in [0.15, 0.2) is 95.1 Å². The van der Waals surface area contributed by atoms with E-state index >= 15 is 0 Å². The van der Waals surface area contributed by atoms with Crippen LogP contribution in [0.2, 0.25) is 0 Å². The summed E-state index contributed by atoms with van der Waals surface area (Å²) in [6, 6.07) is 22.9. The van der Waals surface area contributed by atoms with Gasteiger partial charge < -0.3 is 28.6 Å². The minimum atomic E-state index is -0.888. The Morgan fingerprint density at radius 3 is 2.59 bits per heavy atom. The van der Waals surface area contributed by atoms with Gasteiger partial charge in [-0.1, -0.05) is 36.4 Å². The number of amides is 1. The Hall–Kier alpha value is -4.98. The van der Waals surface area contributed by atoms with E-state index in [1.807, 2.05) is 43.3 Å². The van der Waals surface area contributed by atoms with Crippen LogP contribution < -0.4 is 14.2 Å². The summed E-state index contributed by atoms with van der Waals surface area (Å²) in [6.07, 6.45) is 2.22. The molecule has 2 aliphatic heterocycles. The molecule has 3 aromatic carbocycles. The lowest BCUT2D eigenvalue weighted by atomic mass is 9.94. The fourth-order valence-electron chi connectivity index (χ4n) is 5.39. The summed E-state index contributed by atoms with van der Waals surface area (Å²) >= 11 is 0. The van der Waals surface area contributed by atoms with Gasteiger partial charge >= 0.3 is 0 Å². The lowest BCUT2D eigenvalue weighted by Gasteiger charge is -2.25. The number of carbonyl (C=O) groups excluding carboxylic acids is 2. The van der Waals surface area contributed by atoms with Crippen LogP contribution in [0, 0.1) is 0 Å². The molecule has 0 saturated carbocycles. The summed E-state index contributed by atoms with van der Waals surface area (Å²) in [5.41, 5.74) is 2.95. The van der Waals surface area contributed by atoms with E-state index in [2.05, 4.69) is 0 Å². The van der Waals surface area contributed by atoms with Gasteiger partial charge in [0.05, 0.1) is 31.5 Å². The molecule has 0 radical (unpaired) electrons. The van der Waals surface area contributed by atoms with Gasteiger partial charge in [0.2, 0.25) is 0 Å². The monoisotopic (exact) mass is 551 g/mol. The molecule has 0 aliphatic carbocycles. The zero-order valence-corrected chi connectivity index (χ0v) is 22.7. The first-order chi connectivity index (χ1) is 19.9. The van der Waals surface area contributed by atoms with Crippen molar-refractivity contribution in [2.24, 2.45) is 0 Å². The highest BCUT2D eigenvalue weighted by atomic mass is 16.5. The van der Waals surface area contributed by atoms with E-state index in [1.54, 1.807) is 42.5 Å². The molecule has 1 saturated heterocycles. The number of ether oxygens (including phenoxy) is 3. The van der Waals surface area contributed by atoms with Gasteiger partial charge in [-0.25, -0.2) is 0 Å². The predicted octanol–water partition coefficient (Wildman–Crippen LogP) is 5.81. The first-order valence-electron chi connectivity index (χ1n) is 13.4. The average molecular weight is 552 g/mol. The molecule has 2 atom stereocenters. The number of aliphatic hydroxyl groups is 1. The summed E-state index contributed by atoms with van der Waals surface area (Å²) in [5.74, 6) is 0.458. The fraction of sp³-hybridized carbons (Fsp3) is 0.212. The van der Waals surface area contributed by atoms with Crippen LogP contribution in [0.25, 0.3) is 5.76 Å². The number of hydrogen-bond acceptors (Lipinski definition) is 7. The summed E-state index contributed by atoms with van der Waals surface area (Å²) < 4.78 is 23.0. The standard InChI is InChI=1S/C33H29NO7/c1-20-15-24-16-23(11-12-26(24)41-20)31(35)29-30(34(33(37)32(29)36)18-25-9-6-14-39-25)22-10-13-27(28(17-22)38-2)40-19-21-7-4-3-5-8-21/h3-14,16-17,20,30,35H,15,18-19H2,1-2H3. The number of Topliss-reactive ketones (excluding diaryl/α,β-unsaturated/α-hetero) is 1. The maximum absolute atomic E-state index is 13.5. The van der Waals surface area contributed by atoms with Gasteiger partial charge in [-0.15, -0.1) is 0 Å². The highest BCUT2D eigenvalue weighted by Crippen LogP contribution is 2.43. The van der Waals surface area contributed by atoms with Crippen LogP contribution in [-0.2, 0) is 29.2 Å². The lowest BCUT2D eigenvalue weighted by Crippen LogP contribution is -2.29. The van der Waals surface area contributed by atoms with Crippen molar-refractivity contribution in [3.63, 3.8) is 0 Å². The van der Waals surface area contributed by atoms with Crippen LogP contribution in [0.4, 0.5) is 0 Å². The van der Waals surface area contributed by atoms with Crippen molar-refractivity contribution in [3.8, 4) is 17.2 Å². The minimum absolute atomic E-state index is 0.00604. The highest BCUT2D eigenvalue weighted by molar-refractivity contribution is 6.46. The van der Waals surface area contributed by atoms with Crippen molar-refractivity contribution >= 4 is 17.4 Å². The zero-order valence-electron chi connectivity index (χ0n) is 22.7. The Balaban J connectivity index is 1.41. The van der Waals surface area contributed by atoms with E-state index < -0.39 is 17.7 Å². The van der Waals surface area contributed by atoms with Crippen LogP contribution in [0.5, 0.6) is 17.2 Å². The normalized spacial score (nSPS) is 19.2. The smallest absolute Gasteiger partial charge is 0.296 e. The number of furan rings is 1. The van der Waals surface area contributed by atoms with Crippen molar-refractivity contribution in [1.82, 2.24) is 4.90 Å². The van der Waals surface area contributed by atoms with E-state index in [0.29, 0.717) is 41.4 Å². The first kappa shape index (κ1) is 26.3. The molecule has 41 heavy (non-hydrogen) atoms. The second kappa shape index (κ2) is 10.9. The summed E-state index contributed by atoms with van der Waals surface area (Å²) in [6.45, 7) is 2.36. The molecule has 0 bridgehead atoms. The number of hydrogen-bond donors (Lipinski definition) is 1. The molecule has 2 aliphatic rings. The third-order valence-electron chi connectivity index (χ3n) is 7.36. The molecule has 3 heterocycles. The van der Waals surface area contributed by atoms with Crippen molar-refractivity contribution in [2.75, 3.05) is 7.11 Å². The molecule has 6 rings (SSSR count). The number of fused-ring (bicyclic) bond motifs is 1. The van der Waals surface area contributed by atoms with Gasteiger partial charge in [-0.3, -0.25) is 9.59 Å². The second-order valence-corrected chi connectivity index (χ2v) is 10.1. The van der Waals surface area contributed by atoms with Crippen molar-refractivity contribution in [2.45, 2.75) is 38.6 Å². The number of methoxy groups -OCH3 is 1. The minimum Gasteiger partial charge on any atom is -0.507 e. The molecule has 8 nitrogen and oxygen atoms in total. The average Bonchev–Trinajstić information content (AvgIpc) is 3.70. The molecule has 0 spiro atoms. The maximum Gasteiger partial charge on any atom is 0.296 e. The number of carbonyl (C=O) groups is 2. The van der Waals surface area contributed by atoms with E-state index in [9.17, 15) is 14.7 Å². The Kier molecular flexibility index (Phi) is 6.97. The molecular formula is C33H29NO7. The number of rotatable bonds is 8. The SMILES string of the molecule is COc1cc(C2C(=C(O)c3ccc4c(c3)CC(C)O4)C(=O)C(=O)N2Cc2ccco2)ccc1OCc1ccccc1. The van der Waals surface area contributed by atoms with Gasteiger partial charge in [-0.2, -0.15) is 0 Å². The zero-order chi connectivity index (χ0) is 28.5. The lowest BCUT2D eigenvalue weighted by molar-refractivity contribution is -0.140. The van der Waals surface area contributed by atoms with Gasteiger partial charge in [0, 0.05) is 12.0 Å². The van der Waals surface area contributed by atoms with Crippen LogP contribution in [0.1, 0.15) is 41.0 Å². The van der Waals surface area contributed by atoms with Gasteiger partial charge in [0.15, 0.2) is 11.5 Å². The Morgan fingerprint density at radius 2 is 1.83 bits per heavy atom.